The van der Waals surface area contributed by atoms with Crippen molar-refractivity contribution in [2.75, 3.05) is 17.4 Å². The Balaban J connectivity index is 1.34. The summed E-state index contributed by atoms with van der Waals surface area (Å²) in [5.74, 6) is 1.99. The Bertz CT molecular complexity index is 1120. The maximum Gasteiger partial charge on any atom is 0.251 e. The molecule has 1 saturated carbocycles. The summed E-state index contributed by atoms with van der Waals surface area (Å²) >= 11 is 6.32. The molecular weight excluding hydrogens is 406 g/mol. The zero-order valence-electron chi connectivity index (χ0n) is 15.8. The van der Waals surface area contributed by atoms with Crippen molar-refractivity contribution in [2.24, 2.45) is 0 Å². The summed E-state index contributed by atoms with van der Waals surface area (Å²) in [4.78, 5) is 21.0. The van der Waals surface area contributed by atoms with Crippen molar-refractivity contribution in [1.82, 2.24) is 15.3 Å². The number of fused-ring (bicyclic) bond motifs is 1. The van der Waals surface area contributed by atoms with Crippen LogP contribution in [-0.2, 0) is 0 Å². The normalized spacial score (nSPS) is 14.3. The van der Waals surface area contributed by atoms with Gasteiger partial charge in [-0.2, -0.15) is 4.98 Å². The molecule has 1 aromatic heterocycles. The Kier molecular flexibility index (Phi) is 4.76. The number of amides is 1. The Morgan fingerprint density at radius 3 is 2.87 bits per heavy atom. The lowest BCUT2D eigenvalue weighted by Gasteiger charge is -2.12. The summed E-state index contributed by atoms with van der Waals surface area (Å²) in [6.45, 7) is 0.144. The molecule has 152 valence electrons. The SMILES string of the molecule is O=C(NC1CC1)c1cccc(Nc2nccc(Nc3c(Cl)ccc4c3OCO4)n2)c1. The quantitative estimate of drug-likeness (QED) is 0.545. The van der Waals surface area contributed by atoms with Crippen LogP contribution < -0.4 is 25.4 Å². The molecule has 8 nitrogen and oxygen atoms in total. The number of rotatable bonds is 6. The Morgan fingerprint density at radius 1 is 1.10 bits per heavy atom. The minimum atomic E-state index is -0.0766. The number of carbonyl (C=O) groups excluding carboxylic acids is 1. The minimum absolute atomic E-state index is 0.0766. The van der Waals surface area contributed by atoms with E-state index in [0.717, 1.165) is 12.8 Å². The van der Waals surface area contributed by atoms with Crippen molar-refractivity contribution in [2.45, 2.75) is 18.9 Å². The maximum atomic E-state index is 12.3. The molecule has 0 spiro atoms. The van der Waals surface area contributed by atoms with Crippen molar-refractivity contribution in [3.05, 3.63) is 59.2 Å². The van der Waals surface area contributed by atoms with Crippen LogP contribution in [0.5, 0.6) is 11.5 Å². The van der Waals surface area contributed by atoms with Gasteiger partial charge in [-0.3, -0.25) is 4.79 Å². The lowest BCUT2D eigenvalue weighted by atomic mass is 10.2. The molecule has 0 bridgehead atoms. The standard InChI is InChI=1S/C21H18ClN5O3/c22-15-6-7-16-19(30-11-29-16)18(15)26-17-8-9-23-21(27-17)25-14-3-1-2-12(10-14)20(28)24-13-4-5-13/h1-3,6-10,13H,4-5,11H2,(H,24,28)(H2,23,25,26,27). The van der Waals surface area contributed by atoms with Gasteiger partial charge in [0.2, 0.25) is 12.7 Å². The largest absolute Gasteiger partial charge is 0.454 e. The van der Waals surface area contributed by atoms with Crippen LogP contribution in [0.1, 0.15) is 23.2 Å². The van der Waals surface area contributed by atoms with E-state index in [1.54, 1.807) is 36.5 Å². The first kappa shape index (κ1) is 18.5. The van der Waals surface area contributed by atoms with Crippen LogP contribution in [0, 0.1) is 0 Å². The van der Waals surface area contributed by atoms with Crippen LogP contribution in [0.2, 0.25) is 5.02 Å². The molecule has 1 amide bonds. The lowest BCUT2D eigenvalue weighted by Crippen LogP contribution is -2.25. The molecule has 3 aromatic rings. The smallest absolute Gasteiger partial charge is 0.251 e. The van der Waals surface area contributed by atoms with Crippen molar-refractivity contribution in [3.8, 4) is 11.5 Å². The van der Waals surface area contributed by atoms with Crippen molar-refractivity contribution < 1.29 is 14.3 Å². The second-order valence-corrected chi connectivity index (χ2v) is 7.41. The van der Waals surface area contributed by atoms with Crippen molar-refractivity contribution in [3.63, 3.8) is 0 Å². The molecule has 2 aromatic carbocycles. The molecule has 1 aliphatic carbocycles. The fraction of sp³-hybridized carbons (Fsp3) is 0.190. The molecule has 0 radical (unpaired) electrons. The van der Waals surface area contributed by atoms with Gasteiger partial charge in [0.25, 0.3) is 5.91 Å². The fourth-order valence-corrected chi connectivity index (χ4v) is 3.24. The van der Waals surface area contributed by atoms with Gasteiger partial charge < -0.3 is 25.4 Å². The Hall–Kier alpha value is -3.52. The molecule has 3 N–H and O–H groups in total. The van der Waals surface area contributed by atoms with E-state index in [9.17, 15) is 4.79 Å². The van der Waals surface area contributed by atoms with Gasteiger partial charge in [0.1, 0.15) is 11.5 Å². The second-order valence-electron chi connectivity index (χ2n) is 7.00. The Morgan fingerprint density at radius 2 is 2.00 bits per heavy atom. The molecule has 9 heteroatoms. The van der Waals surface area contributed by atoms with Gasteiger partial charge in [-0.15, -0.1) is 0 Å². The monoisotopic (exact) mass is 423 g/mol. The second kappa shape index (κ2) is 7.72. The number of nitrogens with one attached hydrogen (secondary N) is 3. The molecule has 2 heterocycles. The first-order chi connectivity index (χ1) is 14.7. The van der Waals surface area contributed by atoms with E-state index in [4.69, 9.17) is 21.1 Å². The third kappa shape index (κ3) is 3.95. The zero-order chi connectivity index (χ0) is 20.5. The van der Waals surface area contributed by atoms with E-state index in [2.05, 4.69) is 25.9 Å². The highest BCUT2D eigenvalue weighted by Crippen LogP contribution is 2.44. The highest BCUT2D eigenvalue weighted by Gasteiger charge is 2.24. The average molecular weight is 424 g/mol. The summed E-state index contributed by atoms with van der Waals surface area (Å²) < 4.78 is 10.9. The summed E-state index contributed by atoms with van der Waals surface area (Å²) in [7, 11) is 0. The number of hydrogen-bond donors (Lipinski definition) is 3. The van der Waals surface area contributed by atoms with E-state index in [0.29, 0.717) is 51.3 Å². The van der Waals surface area contributed by atoms with Crippen LogP contribution in [-0.4, -0.2) is 28.7 Å². The van der Waals surface area contributed by atoms with Crippen LogP contribution >= 0.6 is 11.6 Å². The van der Waals surface area contributed by atoms with E-state index in [-0.39, 0.29) is 12.7 Å². The molecule has 2 aliphatic rings. The van der Waals surface area contributed by atoms with Gasteiger partial charge in [-0.25, -0.2) is 4.98 Å². The highest BCUT2D eigenvalue weighted by molar-refractivity contribution is 6.33. The van der Waals surface area contributed by atoms with E-state index in [1.807, 2.05) is 12.1 Å². The number of nitrogens with zero attached hydrogens (tertiary/aromatic N) is 2. The third-order valence-electron chi connectivity index (χ3n) is 4.69. The molecule has 1 fully saturated rings. The lowest BCUT2D eigenvalue weighted by molar-refractivity contribution is 0.0951. The summed E-state index contributed by atoms with van der Waals surface area (Å²) in [5.41, 5.74) is 1.88. The van der Waals surface area contributed by atoms with Crippen molar-refractivity contribution in [1.29, 1.82) is 0 Å². The number of halogens is 1. The number of aromatic nitrogens is 2. The van der Waals surface area contributed by atoms with Gasteiger partial charge in [-0.05, 0) is 49.2 Å². The summed E-state index contributed by atoms with van der Waals surface area (Å²) in [6, 6.07) is 12.7. The molecule has 0 saturated heterocycles. The Labute approximate surface area is 177 Å². The van der Waals surface area contributed by atoms with Gasteiger partial charge in [0.15, 0.2) is 11.5 Å². The van der Waals surface area contributed by atoms with Crippen LogP contribution in [0.15, 0.2) is 48.7 Å². The fourth-order valence-electron chi connectivity index (χ4n) is 3.05. The summed E-state index contributed by atoms with van der Waals surface area (Å²) in [6.07, 6.45) is 3.71. The van der Waals surface area contributed by atoms with Crippen LogP contribution in [0.4, 0.5) is 23.1 Å². The number of benzene rings is 2. The van der Waals surface area contributed by atoms with Crippen molar-refractivity contribution >= 4 is 40.6 Å². The number of anilines is 4. The molecule has 0 atom stereocenters. The van der Waals surface area contributed by atoms with Gasteiger partial charge in [0, 0.05) is 23.5 Å². The highest BCUT2D eigenvalue weighted by atomic mass is 35.5. The maximum absolute atomic E-state index is 12.3. The van der Waals surface area contributed by atoms with Gasteiger partial charge >= 0.3 is 0 Å². The predicted octanol–water partition coefficient (Wildman–Crippen LogP) is 4.24. The van der Waals surface area contributed by atoms with E-state index in [1.165, 1.54) is 0 Å². The third-order valence-corrected chi connectivity index (χ3v) is 5.01. The van der Waals surface area contributed by atoms with Crippen LogP contribution in [0.25, 0.3) is 0 Å². The molecule has 30 heavy (non-hydrogen) atoms. The van der Waals surface area contributed by atoms with E-state index >= 15 is 0 Å². The van der Waals surface area contributed by atoms with Gasteiger partial charge in [0.05, 0.1) is 5.02 Å². The first-order valence-electron chi connectivity index (χ1n) is 9.52. The summed E-state index contributed by atoms with van der Waals surface area (Å²) in [5, 5.41) is 9.76. The van der Waals surface area contributed by atoms with Gasteiger partial charge in [-0.1, -0.05) is 17.7 Å². The molecular formula is C21H18ClN5O3. The van der Waals surface area contributed by atoms with E-state index < -0.39 is 0 Å². The number of hydrogen-bond acceptors (Lipinski definition) is 7. The number of carbonyl (C=O) groups is 1. The first-order valence-corrected chi connectivity index (χ1v) is 9.89. The minimum Gasteiger partial charge on any atom is -0.454 e. The topological polar surface area (TPSA) is 97.4 Å². The molecule has 0 unspecified atom stereocenters. The molecule has 5 rings (SSSR count). The molecule has 1 aliphatic heterocycles. The van der Waals surface area contributed by atoms with Crippen LogP contribution in [0.3, 0.4) is 0 Å². The predicted molar refractivity (Wildman–Crippen MR) is 113 cm³/mol. The average Bonchev–Trinajstić information content (AvgIpc) is 3.43. The number of ether oxygens (including phenoxy) is 2. The zero-order valence-corrected chi connectivity index (χ0v) is 16.6.